The summed E-state index contributed by atoms with van der Waals surface area (Å²) in [5.74, 6) is 0.00260. The van der Waals surface area contributed by atoms with Gasteiger partial charge in [-0.3, -0.25) is 4.79 Å². The van der Waals surface area contributed by atoms with Gasteiger partial charge in [-0.15, -0.1) is 13.2 Å². The Morgan fingerprint density at radius 2 is 1.70 bits per heavy atom. The van der Waals surface area contributed by atoms with Crippen molar-refractivity contribution >= 4 is 11.6 Å². The van der Waals surface area contributed by atoms with Gasteiger partial charge >= 0.3 is 6.36 Å². The van der Waals surface area contributed by atoms with E-state index in [1.165, 1.54) is 18.2 Å². The van der Waals surface area contributed by atoms with E-state index < -0.39 is 12.3 Å². The highest BCUT2D eigenvalue weighted by atomic mass is 19.4. The first-order valence-electron chi connectivity index (χ1n) is 7.75. The molecule has 0 aliphatic carbocycles. The Morgan fingerprint density at radius 3 is 2.37 bits per heavy atom. The minimum absolute atomic E-state index is 0.319. The van der Waals surface area contributed by atoms with Gasteiger partial charge in [-0.25, -0.2) is 4.98 Å². The van der Waals surface area contributed by atoms with Crippen molar-refractivity contribution < 1.29 is 27.4 Å². The van der Waals surface area contributed by atoms with E-state index in [2.05, 4.69) is 15.0 Å². The number of benzene rings is 2. The smallest absolute Gasteiger partial charge is 0.439 e. The van der Waals surface area contributed by atoms with Gasteiger partial charge in [0.25, 0.3) is 5.91 Å². The lowest BCUT2D eigenvalue weighted by molar-refractivity contribution is -0.274. The van der Waals surface area contributed by atoms with Crippen molar-refractivity contribution in [2.24, 2.45) is 0 Å². The lowest BCUT2D eigenvalue weighted by Crippen LogP contribution is -2.17. The standard InChI is InChI=1S/C19H13F3N2O3/c20-19(21,22)27-15-9-7-14(8-10-15)24-18(25)13-4-3-5-16(12-13)26-17-6-1-2-11-23-17/h1-12H,(H,24,25). The van der Waals surface area contributed by atoms with Crippen LogP contribution in [-0.4, -0.2) is 17.3 Å². The number of carbonyl (C=O) groups excluding carboxylic acids is 1. The second-order valence-corrected chi connectivity index (χ2v) is 5.32. The molecule has 138 valence electrons. The molecule has 27 heavy (non-hydrogen) atoms. The van der Waals surface area contributed by atoms with Gasteiger partial charge in [0, 0.05) is 23.5 Å². The number of alkyl halides is 3. The third kappa shape index (κ3) is 5.46. The van der Waals surface area contributed by atoms with E-state index >= 15 is 0 Å². The molecule has 0 saturated carbocycles. The second-order valence-electron chi connectivity index (χ2n) is 5.32. The number of rotatable bonds is 5. The van der Waals surface area contributed by atoms with Crippen LogP contribution in [0.15, 0.2) is 72.9 Å². The molecule has 2 aromatic carbocycles. The first-order valence-corrected chi connectivity index (χ1v) is 7.75. The molecule has 1 amide bonds. The largest absolute Gasteiger partial charge is 0.573 e. The molecule has 0 aliphatic heterocycles. The third-order valence-corrected chi connectivity index (χ3v) is 3.30. The molecular formula is C19H13F3N2O3. The topological polar surface area (TPSA) is 60.5 Å². The van der Waals surface area contributed by atoms with Crippen LogP contribution in [0.25, 0.3) is 0 Å². The molecule has 0 atom stereocenters. The van der Waals surface area contributed by atoms with Gasteiger partial charge in [-0.2, -0.15) is 0 Å². The Hall–Kier alpha value is -3.55. The third-order valence-electron chi connectivity index (χ3n) is 3.30. The van der Waals surface area contributed by atoms with Crippen molar-refractivity contribution in [2.75, 3.05) is 5.32 Å². The van der Waals surface area contributed by atoms with Gasteiger partial charge in [0.2, 0.25) is 5.88 Å². The van der Waals surface area contributed by atoms with E-state index in [-0.39, 0.29) is 5.75 Å². The van der Waals surface area contributed by atoms with Crippen LogP contribution < -0.4 is 14.8 Å². The van der Waals surface area contributed by atoms with Gasteiger partial charge in [-0.05, 0) is 48.5 Å². The fraction of sp³-hybridized carbons (Fsp3) is 0.0526. The number of aromatic nitrogens is 1. The predicted octanol–water partition coefficient (Wildman–Crippen LogP) is 5.02. The van der Waals surface area contributed by atoms with Crippen LogP contribution >= 0.6 is 0 Å². The summed E-state index contributed by atoms with van der Waals surface area (Å²) in [5, 5.41) is 2.59. The maximum Gasteiger partial charge on any atom is 0.573 e. The van der Waals surface area contributed by atoms with E-state index in [9.17, 15) is 18.0 Å². The number of anilines is 1. The quantitative estimate of drug-likeness (QED) is 0.681. The number of amides is 1. The molecule has 3 rings (SSSR count). The number of hydrogen-bond donors (Lipinski definition) is 1. The molecule has 0 fully saturated rings. The summed E-state index contributed by atoms with van der Waals surface area (Å²) in [6, 6.07) is 16.5. The summed E-state index contributed by atoms with van der Waals surface area (Å²) in [7, 11) is 0. The van der Waals surface area contributed by atoms with Crippen molar-refractivity contribution in [1.82, 2.24) is 4.98 Å². The van der Waals surface area contributed by atoms with Crippen molar-refractivity contribution in [1.29, 1.82) is 0 Å². The maximum absolute atomic E-state index is 12.3. The maximum atomic E-state index is 12.3. The summed E-state index contributed by atoms with van der Waals surface area (Å²) < 4.78 is 45.8. The zero-order valence-corrected chi connectivity index (χ0v) is 13.7. The summed E-state index contributed by atoms with van der Waals surface area (Å²) in [4.78, 5) is 16.4. The minimum Gasteiger partial charge on any atom is -0.439 e. The molecule has 0 radical (unpaired) electrons. The molecule has 1 aromatic heterocycles. The number of hydrogen-bond acceptors (Lipinski definition) is 4. The highest BCUT2D eigenvalue weighted by Crippen LogP contribution is 2.25. The summed E-state index contributed by atoms with van der Waals surface area (Å²) in [6.07, 6.45) is -3.18. The molecule has 8 heteroatoms. The van der Waals surface area contributed by atoms with E-state index in [0.717, 1.165) is 12.1 Å². The SMILES string of the molecule is O=C(Nc1ccc(OC(F)(F)F)cc1)c1cccc(Oc2ccccn2)c1. The Morgan fingerprint density at radius 1 is 0.926 bits per heavy atom. The average Bonchev–Trinajstić information content (AvgIpc) is 2.63. The molecule has 5 nitrogen and oxygen atoms in total. The Labute approximate surface area is 152 Å². The molecule has 0 bridgehead atoms. The van der Waals surface area contributed by atoms with Crippen LogP contribution in [0.2, 0.25) is 0 Å². The molecule has 0 aliphatic rings. The second kappa shape index (κ2) is 7.77. The predicted molar refractivity (Wildman–Crippen MR) is 91.8 cm³/mol. The summed E-state index contributed by atoms with van der Waals surface area (Å²) in [6.45, 7) is 0. The zero-order valence-electron chi connectivity index (χ0n) is 13.7. The first kappa shape index (κ1) is 18.2. The van der Waals surface area contributed by atoms with Crippen LogP contribution in [0.5, 0.6) is 17.4 Å². The number of nitrogens with zero attached hydrogens (tertiary/aromatic N) is 1. The van der Waals surface area contributed by atoms with Crippen LogP contribution in [-0.2, 0) is 0 Å². The Balaban J connectivity index is 1.66. The lowest BCUT2D eigenvalue weighted by atomic mass is 10.2. The lowest BCUT2D eigenvalue weighted by Gasteiger charge is -2.10. The number of ether oxygens (including phenoxy) is 2. The van der Waals surface area contributed by atoms with Crippen LogP contribution in [0.4, 0.5) is 18.9 Å². The Kier molecular flexibility index (Phi) is 5.25. The molecule has 0 unspecified atom stereocenters. The fourth-order valence-electron chi connectivity index (χ4n) is 2.17. The summed E-state index contributed by atoms with van der Waals surface area (Å²) in [5.41, 5.74) is 0.643. The minimum atomic E-state index is -4.77. The van der Waals surface area contributed by atoms with Crippen molar-refractivity contribution in [3.63, 3.8) is 0 Å². The molecule has 1 heterocycles. The number of carbonyl (C=O) groups is 1. The van der Waals surface area contributed by atoms with Crippen LogP contribution in [0.3, 0.4) is 0 Å². The van der Waals surface area contributed by atoms with Crippen LogP contribution in [0, 0.1) is 0 Å². The normalized spacial score (nSPS) is 10.9. The van der Waals surface area contributed by atoms with Gasteiger partial charge in [0.15, 0.2) is 0 Å². The highest BCUT2D eigenvalue weighted by Gasteiger charge is 2.30. The first-order chi connectivity index (χ1) is 12.9. The molecule has 0 saturated heterocycles. The van der Waals surface area contributed by atoms with E-state index in [1.54, 1.807) is 42.6 Å². The molecular weight excluding hydrogens is 361 g/mol. The average molecular weight is 374 g/mol. The van der Waals surface area contributed by atoms with E-state index in [4.69, 9.17) is 4.74 Å². The van der Waals surface area contributed by atoms with Crippen molar-refractivity contribution in [3.8, 4) is 17.4 Å². The van der Waals surface area contributed by atoms with Gasteiger partial charge < -0.3 is 14.8 Å². The van der Waals surface area contributed by atoms with E-state index in [0.29, 0.717) is 22.9 Å². The molecule has 0 spiro atoms. The van der Waals surface area contributed by atoms with Crippen molar-refractivity contribution in [2.45, 2.75) is 6.36 Å². The monoisotopic (exact) mass is 374 g/mol. The van der Waals surface area contributed by atoms with Crippen molar-refractivity contribution in [3.05, 3.63) is 78.5 Å². The zero-order chi connectivity index (χ0) is 19.3. The van der Waals surface area contributed by atoms with E-state index in [1.807, 2.05) is 0 Å². The molecule has 1 N–H and O–H groups in total. The number of nitrogens with one attached hydrogen (secondary N) is 1. The van der Waals surface area contributed by atoms with Gasteiger partial charge in [0.1, 0.15) is 11.5 Å². The number of halogens is 3. The fourth-order valence-corrected chi connectivity index (χ4v) is 2.17. The van der Waals surface area contributed by atoms with Gasteiger partial charge in [-0.1, -0.05) is 12.1 Å². The van der Waals surface area contributed by atoms with Crippen LogP contribution in [0.1, 0.15) is 10.4 Å². The Bertz CT molecular complexity index is 913. The molecule has 3 aromatic rings. The van der Waals surface area contributed by atoms with Gasteiger partial charge in [0.05, 0.1) is 0 Å². The summed E-state index contributed by atoms with van der Waals surface area (Å²) >= 11 is 0. The number of pyridine rings is 1. The highest BCUT2D eigenvalue weighted by molar-refractivity contribution is 6.04.